The van der Waals surface area contributed by atoms with Crippen LogP contribution in [0.4, 0.5) is 0 Å². The number of fused-ring (bicyclic) bond motifs is 7. The molecule has 1 heterocycles. The molecule has 47 heavy (non-hydrogen) atoms. The molecule has 0 radical (unpaired) electrons. The Morgan fingerprint density at radius 3 is 1.36 bits per heavy atom. The monoisotopic (exact) mass is 596 g/mol. The predicted molar refractivity (Wildman–Crippen MR) is 200 cm³/mol. The second kappa shape index (κ2) is 10.2. The van der Waals surface area contributed by atoms with E-state index in [1.54, 1.807) is 0 Å². The average Bonchev–Trinajstić information content (AvgIpc) is 3.50. The Morgan fingerprint density at radius 1 is 0.255 bits per heavy atom. The minimum atomic E-state index is 0.931. The summed E-state index contributed by atoms with van der Waals surface area (Å²) in [5.74, 6) is 0. The van der Waals surface area contributed by atoms with Crippen LogP contribution >= 0.6 is 0 Å². The standard InChI is InChI=1S/C46H28O/c1-2-10-29(11-3-1)45-38-13-4-6-15-40(38)46(41-16-7-5-14-39(41)45)35-23-22-31-24-30(18-19-32(31)25-35)33-20-21-34-28-44-42(27-36(34)26-33)37-12-8-9-17-43(37)47-44/h1-28H. The molecule has 10 aromatic rings. The number of rotatable bonds is 3. The van der Waals surface area contributed by atoms with Crippen LogP contribution in [0.2, 0.25) is 0 Å². The smallest absolute Gasteiger partial charge is 0.136 e. The maximum atomic E-state index is 6.14. The molecule has 0 aliphatic heterocycles. The molecule has 0 aliphatic carbocycles. The van der Waals surface area contributed by atoms with E-state index in [1.807, 2.05) is 12.1 Å². The van der Waals surface area contributed by atoms with Crippen molar-refractivity contribution in [2.75, 3.05) is 0 Å². The lowest BCUT2D eigenvalue weighted by Gasteiger charge is -2.18. The van der Waals surface area contributed by atoms with Gasteiger partial charge in [-0.1, -0.05) is 133 Å². The van der Waals surface area contributed by atoms with E-state index in [0.717, 1.165) is 21.9 Å². The highest BCUT2D eigenvalue weighted by atomic mass is 16.3. The topological polar surface area (TPSA) is 13.1 Å². The van der Waals surface area contributed by atoms with E-state index in [4.69, 9.17) is 4.42 Å². The van der Waals surface area contributed by atoms with Gasteiger partial charge in [-0.25, -0.2) is 0 Å². The van der Waals surface area contributed by atoms with Gasteiger partial charge in [-0.05, 0) is 113 Å². The van der Waals surface area contributed by atoms with Gasteiger partial charge in [0, 0.05) is 10.8 Å². The van der Waals surface area contributed by atoms with Gasteiger partial charge in [-0.15, -0.1) is 0 Å². The molecule has 0 spiro atoms. The molecule has 0 saturated heterocycles. The van der Waals surface area contributed by atoms with E-state index in [2.05, 4.69) is 158 Å². The van der Waals surface area contributed by atoms with Crippen molar-refractivity contribution in [1.29, 1.82) is 0 Å². The third-order valence-corrected chi connectivity index (χ3v) is 9.79. The van der Waals surface area contributed by atoms with Crippen LogP contribution in [0.15, 0.2) is 174 Å². The largest absolute Gasteiger partial charge is 0.456 e. The molecule has 0 atom stereocenters. The summed E-state index contributed by atoms with van der Waals surface area (Å²) in [4.78, 5) is 0. The third-order valence-electron chi connectivity index (χ3n) is 9.79. The first-order valence-electron chi connectivity index (χ1n) is 16.2. The lowest BCUT2D eigenvalue weighted by atomic mass is 9.85. The zero-order valence-corrected chi connectivity index (χ0v) is 25.6. The van der Waals surface area contributed by atoms with Crippen molar-refractivity contribution in [1.82, 2.24) is 0 Å². The van der Waals surface area contributed by atoms with Crippen molar-refractivity contribution >= 4 is 65.0 Å². The fraction of sp³-hybridized carbons (Fsp3) is 0. The van der Waals surface area contributed by atoms with Crippen LogP contribution < -0.4 is 0 Å². The van der Waals surface area contributed by atoms with Crippen molar-refractivity contribution in [3.8, 4) is 33.4 Å². The predicted octanol–water partition coefficient (Wildman–Crippen LogP) is 13.2. The van der Waals surface area contributed by atoms with Crippen LogP contribution in [-0.2, 0) is 0 Å². The van der Waals surface area contributed by atoms with Crippen LogP contribution in [-0.4, -0.2) is 0 Å². The summed E-state index contributed by atoms with van der Waals surface area (Å²) in [5.41, 5.74) is 9.35. The first-order valence-corrected chi connectivity index (χ1v) is 16.2. The van der Waals surface area contributed by atoms with Gasteiger partial charge in [0.05, 0.1) is 0 Å². The van der Waals surface area contributed by atoms with E-state index in [1.165, 1.54) is 76.5 Å². The van der Waals surface area contributed by atoms with Crippen LogP contribution in [0.1, 0.15) is 0 Å². The quantitative estimate of drug-likeness (QED) is 0.185. The minimum absolute atomic E-state index is 0.931. The lowest BCUT2D eigenvalue weighted by Crippen LogP contribution is -1.90. The normalized spacial score (nSPS) is 11.8. The summed E-state index contributed by atoms with van der Waals surface area (Å²) in [6.45, 7) is 0. The van der Waals surface area contributed by atoms with Crippen LogP contribution in [0, 0.1) is 0 Å². The Hall–Kier alpha value is -6.18. The summed E-state index contributed by atoms with van der Waals surface area (Å²) < 4.78 is 6.14. The zero-order valence-electron chi connectivity index (χ0n) is 25.6. The number of para-hydroxylation sites is 1. The fourth-order valence-corrected chi connectivity index (χ4v) is 7.58. The van der Waals surface area contributed by atoms with Gasteiger partial charge in [-0.3, -0.25) is 0 Å². The van der Waals surface area contributed by atoms with E-state index in [9.17, 15) is 0 Å². The van der Waals surface area contributed by atoms with Gasteiger partial charge < -0.3 is 4.42 Å². The number of hydrogen-bond acceptors (Lipinski definition) is 1. The molecule has 0 amide bonds. The van der Waals surface area contributed by atoms with Crippen LogP contribution in [0.5, 0.6) is 0 Å². The molecule has 9 aromatic carbocycles. The lowest BCUT2D eigenvalue weighted by molar-refractivity contribution is 0.669. The molecule has 1 heteroatoms. The van der Waals surface area contributed by atoms with E-state index >= 15 is 0 Å². The van der Waals surface area contributed by atoms with Crippen molar-refractivity contribution in [3.63, 3.8) is 0 Å². The van der Waals surface area contributed by atoms with Crippen LogP contribution in [0.3, 0.4) is 0 Å². The number of furan rings is 1. The molecular weight excluding hydrogens is 569 g/mol. The Labute approximate surface area is 271 Å². The van der Waals surface area contributed by atoms with Crippen molar-refractivity contribution in [3.05, 3.63) is 170 Å². The number of hydrogen-bond donors (Lipinski definition) is 0. The maximum Gasteiger partial charge on any atom is 0.136 e. The molecule has 0 fully saturated rings. The van der Waals surface area contributed by atoms with Crippen molar-refractivity contribution in [2.24, 2.45) is 0 Å². The summed E-state index contributed by atoms with van der Waals surface area (Å²) in [6.07, 6.45) is 0. The minimum Gasteiger partial charge on any atom is -0.456 e. The Kier molecular flexibility index (Phi) is 5.64. The van der Waals surface area contributed by atoms with Gasteiger partial charge in [0.1, 0.15) is 11.2 Å². The Bertz CT molecular complexity index is 2780. The van der Waals surface area contributed by atoms with E-state index in [-0.39, 0.29) is 0 Å². The summed E-state index contributed by atoms with van der Waals surface area (Å²) in [5, 5.41) is 12.3. The van der Waals surface area contributed by atoms with Gasteiger partial charge in [0.2, 0.25) is 0 Å². The molecule has 218 valence electrons. The Balaban J connectivity index is 1.11. The molecule has 0 unspecified atom stereocenters. The van der Waals surface area contributed by atoms with E-state index < -0.39 is 0 Å². The fourth-order valence-electron chi connectivity index (χ4n) is 7.58. The summed E-state index contributed by atoms with van der Waals surface area (Å²) >= 11 is 0. The molecule has 0 aliphatic rings. The van der Waals surface area contributed by atoms with Crippen LogP contribution in [0.25, 0.3) is 98.4 Å². The molecule has 1 nitrogen and oxygen atoms in total. The molecule has 0 bridgehead atoms. The maximum absolute atomic E-state index is 6.14. The highest BCUT2D eigenvalue weighted by Gasteiger charge is 2.17. The highest BCUT2D eigenvalue weighted by Crippen LogP contribution is 2.44. The van der Waals surface area contributed by atoms with Crippen molar-refractivity contribution in [2.45, 2.75) is 0 Å². The van der Waals surface area contributed by atoms with Gasteiger partial charge in [0.15, 0.2) is 0 Å². The molecule has 0 N–H and O–H groups in total. The summed E-state index contributed by atoms with van der Waals surface area (Å²) in [6, 6.07) is 61.7. The molecule has 10 rings (SSSR count). The second-order valence-corrected chi connectivity index (χ2v) is 12.5. The molecule has 1 aromatic heterocycles. The third kappa shape index (κ3) is 4.10. The summed E-state index contributed by atoms with van der Waals surface area (Å²) in [7, 11) is 0. The Morgan fingerprint density at radius 2 is 0.723 bits per heavy atom. The van der Waals surface area contributed by atoms with Gasteiger partial charge in [-0.2, -0.15) is 0 Å². The van der Waals surface area contributed by atoms with Crippen molar-refractivity contribution < 1.29 is 4.42 Å². The van der Waals surface area contributed by atoms with E-state index in [0.29, 0.717) is 0 Å². The zero-order chi connectivity index (χ0) is 30.9. The SMILES string of the molecule is c1ccc(-c2c3ccccc3c(-c3ccc4cc(-c5ccc6cc7oc8ccccc8c7cc6c5)ccc4c3)c3ccccc23)cc1. The first-order chi connectivity index (χ1) is 23.3. The molecular formula is C46H28O. The number of benzene rings is 9. The molecule has 0 saturated carbocycles. The highest BCUT2D eigenvalue weighted by molar-refractivity contribution is 6.21. The first kappa shape index (κ1) is 26.1. The van der Waals surface area contributed by atoms with Gasteiger partial charge >= 0.3 is 0 Å². The second-order valence-electron chi connectivity index (χ2n) is 12.5. The average molecular weight is 597 g/mol. The van der Waals surface area contributed by atoms with Gasteiger partial charge in [0.25, 0.3) is 0 Å².